The maximum Gasteiger partial charge on any atom is 0.124 e. The van der Waals surface area contributed by atoms with Gasteiger partial charge in [-0.05, 0) is 50.3 Å². The summed E-state index contributed by atoms with van der Waals surface area (Å²) in [6.07, 6.45) is 2.25. The van der Waals surface area contributed by atoms with Gasteiger partial charge in [0.1, 0.15) is 11.4 Å². The largest absolute Gasteiger partial charge is 0.487 e. The van der Waals surface area contributed by atoms with Gasteiger partial charge in [-0.25, -0.2) is 0 Å². The summed E-state index contributed by atoms with van der Waals surface area (Å²) < 4.78 is 6.17. The third-order valence-corrected chi connectivity index (χ3v) is 4.27. The van der Waals surface area contributed by atoms with Crippen molar-refractivity contribution in [2.75, 3.05) is 6.54 Å². The fraction of sp³-hybridized carbons (Fsp3) is 0.684. The van der Waals surface area contributed by atoms with Gasteiger partial charge in [-0.3, -0.25) is 0 Å². The predicted octanol–water partition coefficient (Wildman–Crippen LogP) is 5.05. The van der Waals surface area contributed by atoms with Crippen LogP contribution in [0.5, 0.6) is 5.75 Å². The minimum Gasteiger partial charge on any atom is -0.487 e. The van der Waals surface area contributed by atoms with Crippen LogP contribution >= 0.6 is 0 Å². The first-order chi connectivity index (χ1) is 9.78. The highest BCUT2D eigenvalue weighted by Crippen LogP contribution is 2.40. The molecule has 1 atom stereocenters. The Balaban J connectivity index is 2.22. The summed E-state index contributed by atoms with van der Waals surface area (Å²) in [5, 5.41) is 3.75. The molecule has 2 rings (SSSR count). The van der Waals surface area contributed by atoms with E-state index in [1.807, 2.05) is 0 Å². The van der Waals surface area contributed by atoms with E-state index >= 15 is 0 Å². The summed E-state index contributed by atoms with van der Waals surface area (Å²) in [7, 11) is 0. The van der Waals surface area contributed by atoms with Crippen LogP contribution in [0.1, 0.15) is 77.5 Å². The zero-order valence-corrected chi connectivity index (χ0v) is 14.5. The van der Waals surface area contributed by atoms with Gasteiger partial charge in [-0.1, -0.05) is 39.8 Å². The zero-order chi connectivity index (χ0) is 15.6. The fourth-order valence-corrected chi connectivity index (χ4v) is 2.96. The molecular weight excluding hydrogens is 258 g/mol. The van der Waals surface area contributed by atoms with Crippen molar-refractivity contribution in [3.63, 3.8) is 0 Å². The Kier molecular flexibility index (Phi) is 4.98. The number of nitrogens with one attached hydrogen (secondary N) is 1. The van der Waals surface area contributed by atoms with Gasteiger partial charge in [0.05, 0.1) is 0 Å². The fourth-order valence-electron chi connectivity index (χ4n) is 2.96. The normalized spacial score (nSPS) is 20.5. The van der Waals surface area contributed by atoms with Gasteiger partial charge in [0.25, 0.3) is 0 Å². The molecule has 0 amide bonds. The van der Waals surface area contributed by atoms with Crippen LogP contribution in [0.15, 0.2) is 18.2 Å². The highest BCUT2D eigenvalue weighted by atomic mass is 16.5. The second kappa shape index (κ2) is 6.39. The molecule has 1 aromatic rings. The molecule has 21 heavy (non-hydrogen) atoms. The Morgan fingerprint density at radius 1 is 1.24 bits per heavy atom. The van der Waals surface area contributed by atoms with Gasteiger partial charge in [-0.2, -0.15) is 0 Å². The first-order valence-electron chi connectivity index (χ1n) is 8.35. The molecule has 0 aromatic heterocycles. The molecule has 118 valence electrons. The van der Waals surface area contributed by atoms with Crippen LogP contribution in [0.3, 0.4) is 0 Å². The van der Waals surface area contributed by atoms with Crippen molar-refractivity contribution in [1.82, 2.24) is 5.32 Å². The molecule has 0 fully saturated rings. The second-order valence-corrected chi connectivity index (χ2v) is 7.71. The van der Waals surface area contributed by atoms with Crippen LogP contribution in [0.4, 0.5) is 0 Å². The Hall–Kier alpha value is -1.02. The third kappa shape index (κ3) is 4.23. The van der Waals surface area contributed by atoms with Gasteiger partial charge in [0, 0.05) is 18.0 Å². The Labute approximate surface area is 130 Å². The minimum atomic E-state index is -0.0954. The van der Waals surface area contributed by atoms with E-state index in [2.05, 4.69) is 65.1 Å². The van der Waals surface area contributed by atoms with Crippen molar-refractivity contribution >= 4 is 0 Å². The number of fused-ring (bicyclic) bond motifs is 1. The SMILES string of the molecule is CC(C)CCNC1CC(C)(C)Oc2ccc(C(C)C)cc21. The summed E-state index contributed by atoms with van der Waals surface area (Å²) in [4.78, 5) is 0. The Morgan fingerprint density at radius 2 is 1.95 bits per heavy atom. The highest BCUT2D eigenvalue weighted by molar-refractivity contribution is 5.42. The van der Waals surface area contributed by atoms with Gasteiger partial charge in [-0.15, -0.1) is 0 Å². The molecule has 1 aliphatic rings. The molecule has 0 saturated carbocycles. The average Bonchev–Trinajstić information content (AvgIpc) is 2.36. The number of ether oxygens (including phenoxy) is 1. The summed E-state index contributed by atoms with van der Waals surface area (Å²) in [5.74, 6) is 2.35. The maximum atomic E-state index is 6.17. The Morgan fingerprint density at radius 3 is 2.57 bits per heavy atom. The second-order valence-electron chi connectivity index (χ2n) is 7.71. The van der Waals surface area contributed by atoms with Crippen LogP contribution in [0.25, 0.3) is 0 Å². The predicted molar refractivity (Wildman–Crippen MR) is 90.1 cm³/mol. The van der Waals surface area contributed by atoms with E-state index in [0.29, 0.717) is 12.0 Å². The molecule has 1 unspecified atom stereocenters. The lowest BCUT2D eigenvalue weighted by Gasteiger charge is -2.38. The quantitative estimate of drug-likeness (QED) is 0.819. The number of hydrogen-bond donors (Lipinski definition) is 1. The van der Waals surface area contributed by atoms with Gasteiger partial charge < -0.3 is 10.1 Å². The smallest absolute Gasteiger partial charge is 0.124 e. The van der Waals surface area contributed by atoms with Crippen molar-refractivity contribution in [2.24, 2.45) is 5.92 Å². The topological polar surface area (TPSA) is 21.3 Å². The minimum absolute atomic E-state index is 0.0954. The molecule has 0 spiro atoms. The van der Waals surface area contributed by atoms with Crippen LogP contribution < -0.4 is 10.1 Å². The summed E-state index contributed by atoms with van der Waals surface area (Å²) in [6.45, 7) is 14.5. The third-order valence-electron chi connectivity index (χ3n) is 4.27. The molecule has 2 heteroatoms. The number of rotatable bonds is 5. The first kappa shape index (κ1) is 16.4. The molecule has 1 aromatic carbocycles. The number of benzene rings is 1. The first-order valence-corrected chi connectivity index (χ1v) is 8.35. The van der Waals surface area contributed by atoms with Crippen molar-refractivity contribution in [2.45, 2.75) is 71.9 Å². The van der Waals surface area contributed by atoms with E-state index in [0.717, 1.165) is 24.6 Å². The van der Waals surface area contributed by atoms with Gasteiger partial charge >= 0.3 is 0 Å². The monoisotopic (exact) mass is 289 g/mol. The lowest BCUT2D eigenvalue weighted by molar-refractivity contribution is 0.0658. The van der Waals surface area contributed by atoms with E-state index in [1.165, 1.54) is 17.5 Å². The molecule has 1 N–H and O–H groups in total. The molecule has 0 bridgehead atoms. The lowest BCUT2D eigenvalue weighted by Crippen LogP contribution is -2.40. The van der Waals surface area contributed by atoms with Crippen LogP contribution in [-0.4, -0.2) is 12.1 Å². The van der Waals surface area contributed by atoms with Crippen LogP contribution in [0, 0.1) is 5.92 Å². The molecule has 0 saturated heterocycles. The van der Waals surface area contributed by atoms with Crippen molar-refractivity contribution < 1.29 is 4.74 Å². The molecule has 2 nitrogen and oxygen atoms in total. The van der Waals surface area contributed by atoms with Crippen molar-refractivity contribution in [1.29, 1.82) is 0 Å². The van der Waals surface area contributed by atoms with E-state index in [4.69, 9.17) is 4.74 Å². The zero-order valence-electron chi connectivity index (χ0n) is 14.5. The summed E-state index contributed by atoms with van der Waals surface area (Å²) in [5.41, 5.74) is 2.64. The number of hydrogen-bond acceptors (Lipinski definition) is 2. The van der Waals surface area contributed by atoms with Gasteiger partial charge in [0.15, 0.2) is 0 Å². The molecule has 1 heterocycles. The average molecular weight is 289 g/mol. The summed E-state index contributed by atoms with van der Waals surface area (Å²) in [6, 6.07) is 7.10. The Bertz CT molecular complexity index is 476. The summed E-state index contributed by atoms with van der Waals surface area (Å²) >= 11 is 0. The highest BCUT2D eigenvalue weighted by Gasteiger charge is 2.33. The standard InChI is InChI=1S/C19H31NO/c1-13(2)9-10-20-17-12-19(5,6)21-18-8-7-15(14(3)4)11-16(17)18/h7-8,11,13-14,17,20H,9-10,12H2,1-6H3. The molecule has 0 aliphatic carbocycles. The maximum absolute atomic E-state index is 6.17. The lowest BCUT2D eigenvalue weighted by atomic mass is 9.87. The van der Waals surface area contributed by atoms with E-state index in [1.54, 1.807) is 0 Å². The van der Waals surface area contributed by atoms with E-state index in [9.17, 15) is 0 Å². The molecule has 1 aliphatic heterocycles. The van der Waals surface area contributed by atoms with Crippen LogP contribution in [0.2, 0.25) is 0 Å². The van der Waals surface area contributed by atoms with E-state index in [-0.39, 0.29) is 5.60 Å². The van der Waals surface area contributed by atoms with Crippen LogP contribution in [-0.2, 0) is 0 Å². The van der Waals surface area contributed by atoms with Crippen molar-refractivity contribution in [3.8, 4) is 5.75 Å². The molecule has 0 radical (unpaired) electrons. The molecular formula is C19H31NO. The van der Waals surface area contributed by atoms with Crippen molar-refractivity contribution in [3.05, 3.63) is 29.3 Å². The van der Waals surface area contributed by atoms with E-state index < -0.39 is 0 Å². The van der Waals surface area contributed by atoms with Gasteiger partial charge in [0.2, 0.25) is 0 Å².